The van der Waals surface area contributed by atoms with Crippen molar-refractivity contribution in [1.82, 2.24) is 5.32 Å². The van der Waals surface area contributed by atoms with E-state index in [1.54, 1.807) is 18.2 Å². The Hall–Kier alpha value is -1.88. The van der Waals surface area contributed by atoms with Crippen LogP contribution in [0.1, 0.15) is 27.9 Å². The predicted molar refractivity (Wildman–Crippen MR) is 82.0 cm³/mol. The van der Waals surface area contributed by atoms with Gasteiger partial charge in [0.1, 0.15) is 0 Å². The molecule has 0 heterocycles. The van der Waals surface area contributed by atoms with E-state index < -0.39 is 10.0 Å². The summed E-state index contributed by atoms with van der Waals surface area (Å²) in [6.45, 7) is 2.39. The van der Waals surface area contributed by atoms with Crippen molar-refractivity contribution in [3.05, 3.63) is 34.9 Å². The lowest BCUT2D eigenvalue weighted by molar-refractivity contribution is 0.0953. The smallest absolute Gasteiger partial charge is 0.251 e. The first-order valence-electron chi connectivity index (χ1n) is 6.42. The Kier molecular flexibility index (Phi) is 6.37. The summed E-state index contributed by atoms with van der Waals surface area (Å²) in [6, 6.07) is 5.19. The van der Waals surface area contributed by atoms with Crippen molar-refractivity contribution in [2.75, 3.05) is 18.8 Å². The number of nitrogens with two attached hydrogens (primary N) is 2. The highest BCUT2D eigenvalue weighted by Crippen LogP contribution is 2.10. The van der Waals surface area contributed by atoms with E-state index in [1.165, 1.54) is 0 Å². The van der Waals surface area contributed by atoms with E-state index in [4.69, 9.17) is 10.9 Å². The molecule has 0 unspecified atom stereocenters. The van der Waals surface area contributed by atoms with Crippen molar-refractivity contribution in [1.29, 1.82) is 0 Å². The van der Waals surface area contributed by atoms with Crippen LogP contribution >= 0.6 is 0 Å². The third-order valence-electron chi connectivity index (χ3n) is 2.72. The SMILES string of the molecule is Cc1ccc(C(=O)NCCCS(N)(=O)=O)cc1C#CCN. The van der Waals surface area contributed by atoms with Crippen LogP contribution in [0.4, 0.5) is 0 Å². The lowest BCUT2D eigenvalue weighted by Gasteiger charge is -2.06. The van der Waals surface area contributed by atoms with Gasteiger partial charge in [-0.2, -0.15) is 0 Å². The maximum atomic E-state index is 11.9. The molecule has 21 heavy (non-hydrogen) atoms. The number of carbonyl (C=O) groups is 1. The molecular weight excluding hydrogens is 290 g/mol. The van der Waals surface area contributed by atoms with Crippen molar-refractivity contribution in [3.8, 4) is 11.8 Å². The number of hydrogen-bond donors (Lipinski definition) is 3. The first-order valence-corrected chi connectivity index (χ1v) is 8.13. The zero-order valence-electron chi connectivity index (χ0n) is 11.8. The summed E-state index contributed by atoms with van der Waals surface area (Å²) in [6.07, 6.45) is 0.274. The number of benzene rings is 1. The average molecular weight is 309 g/mol. The minimum atomic E-state index is -3.49. The molecule has 6 nitrogen and oxygen atoms in total. The molecule has 0 bridgehead atoms. The van der Waals surface area contributed by atoms with E-state index >= 15 is 0 Å². The molecule has 0 aliphatic carbocycles. The van der Waals surface area contributed by atoms with E-state index in [1.807, 2.05) is 6.92 Å². The van der Waals surface area contributed by atoms with Gasteiger partial charge in [0, 0.05) is 17.7 Å². The molecule has 1 amide bonds. The summed E-state index contributed by atoms with van der Waals surface area (Å²) in [5.74, 6) is 5.21. The number of primary sulfonamides is 1. The van der Waals surface area contributed by atoms with Gasteiger partial charge in [-0.15, -0.1) is 0 Å². The van der Waals surface area contributed by atoms with Crippen LogP contribution in [-0.2, 0) is 10.0 Å². The van der Waals surface area contributed by atoms with Crippen molar-refractivity contribution < 1.29 is 13.2 Å². The third kappa shape index (κ3) is 6.40. The number of nitrogens with one attached hydrogen (secondary N) is 1. The van der Waals surface area contributed by atoms with Crippen LogP contribution in [0, 0.1) is 18.8 Å². The van der Waals surface area contributed by atoms with E-state index in [9.17, 15) is 13.2 Å². The molecule has 0 aromatic heterocycles. The molecule has 0 fully saturated rings. The molecule has 5 N–H and O–H groups in total. The van der Waals surface area contributed by atoms with Gasteiger partial charge in [-0.1, -0.05) is 17.9 Å². The summed E-state index contributed by atoms with van der Waals surface area (Å²) >= 11 is 0. The number of hydrogen-bond acceptors (Lipinski definition) is 4. The second kappa shape index (κ2) is 7.78. The fourth-order valence-electron chi connectivity index (χ4n) is 1.62. The van der Waals surface area contributed by atoms with Gasteiger partial charge < -0.3 is 11.1 Å². The molecule has 0 radical (unpaired) electrons. The van der Waals surface area contributed by atoms with Gasteiger partial charge in [-0.3, -0.25) is 4.79 Å². The van der Waals surface area contributed by atoms with Crippen LogP contribution in [0.25, 0.3) is 0 Å². The van der Waals surface area contributed by atoms with Gasteiger partial charge in [0.2, 0.25) is 10.0 Å². The van der Waals surface area contributed by atoms with E-state index in [0.29, 0.717) is 5.56 Å². The Labute approximate surface area is 125 Å². The minimum Gasteiger partial charge on any atom is -0.352 e. The molecule has 7 heteroatoms. The summed E-state index contributed by atoms with van der Waals surface area (Å²) < 4.78 is 21.5. The van der Waals surface area contributed by atoms with Crippen molar-refractivity contribution in [2.24, 2.45) is 10.9 Å². The molecule has 114 valence electrons. The van der Waals surface area contributed by atoms with Crippen LogP contribution in [0.15, 0.2) is 18.2 Å². The molecular formula is C14H19N3O3S. The van der Waals surface area contributed by atoms with Crippen molar-refractivity contribution in [3.63, 3.8) is 0 Å². The Morgan fingerprint density at radius 1 is 1.38 bits per heavy atom. The summed E-state index contributed by atoms with van der Waals surface area (Å²) in [7, 11) is -3.49. The highest BCUT2D eigenvalue weighted by Gasteiger charge is 2.08. The van der Waals surface area contributed by atoms with Gasteiger partial charge in [-0.05, 0) is 31.0 Å². The molecule has 0 saturated heterocycles. The fraction of sp³-hybridized carbons (Fsp3) is 0.357. The maximum Gasteiger partial charge on any atom is 0.251 e. The number of sulfonamides is 1. The number of rotatable bonds is 5. The molecule has 0 saturated carbocycles. The first-order chi connectivity index (χ1) is 9.83. The standard InChI is InChI=1S/C14H19N3O3S/c1-11-5-6-13(10-12(11)4-2-7-15)14(18)17-8-3-9-21(16,19)20/h5-6,10H,3,7-9,15H2,1H3,(H,17,18)(H2,16,19,20). The van der Waals surface area contributed by atoms with Crippen molar-refractivity contribution in [2.45, 2.75) is 13.3 Å². The third-order valence-corrected chi connectivity index (χ3v) is 3.57. The fourth-order valence-corrected chi connectivity index (χ4v) is 2.17. The molecule has 0 aliphatic rings. The first kappa shape index (κ1) is 17.2. The molecule has 0 atom stereocenters. The Balaban J connectivity index is 2.66. The minimum absolute atomic E-state index is 0.158. The highest BCUT2D eigenvalue weighted by atomic mass is 32.2. The summed E-state index contributed by atoms with van der Waals surface area (Å²) in [5, 5.41) is 7.52. The van der Waals surface area contributed by atoms with E-state index in [-0.39, 0.29) is 31.2 Å². The van der Waals surface area contributed by atoms with Crippen molar-refractivity contribution >= 4 is 15.9 Å². The average Bonchev–Trinajstić information content (AvgIpc) is 2.41. The molecule has 1 aromatic rings. The van der Waals surface area contributed by atoms with Crippen LogP contribution in [0.5, 0.6) is 0 Å². The second-order valence-corrected chi connectivity index (χ2v) is 6.25. The summed E-state index contributed by atoms with van der Waals surface area (Å²) in [5.41, 5.74) is 7.51. The Morgan fingerprint density at radius 3 is 2.71 bits per heavy atom. The second-order valence-electron chi connectivity index (χ2n) is 4.51. The Bertz CT molecular complexity index is 672. The van der Waals surface area contributed by atoms with Gasteiger partial charge in [0.25, 0.3) is 5.91 Å². The quantitative estimate of drug-likeness (QED) is 0.512. The normalized spacial score (nSPS) is 10.6. The van der Waals surface area contributed by atoms with Gasteiger partial charge in [-0.25, -0.2) is 13.6 Å². The predicted octanol–water partition coefficient (Wildman–Crippen LogP) is -0.286. The zero-order valence-corrected chi connectivity index (χ0v) is 12.7. The summed E-state index contributed by atoms with van der Waals surface area (Å²) in [4.78, 5) is 11.9. The van der Waals surface area contributed by atoms with Gasteiger partial charge in [0.15, 0.2) is 0 Å². The number of carbonyl (C=O) groups excluding carboxylic acids is 1. The topological polar surface area (TPSA) is 115 Å². The van der Waals surface area contributed by atoms with E-state index in [0.717, 1.165) is 11.1 Å². The molecule has 0 spiro atoms. The van der Waals surface area contributed by atoms with Crippen LogP contribution in [-0.4, -0.2) is 33.2 Å². The van der Waals surface area contributed by atoms with E-state index in [2.05, 4.69) is 17.2 Å². The lowest BCUT2D eigenvalue weighted by atomic mass is 10.0. The monoisotopic (exact) mass is 309 g/mol. The van der Waals surface area contributed by atoms with Crippen LogP contribution < -0.4 is 16.2 Å². The number of aryl methyl sites for hydroxylation is 1. The number of amides is 1. The van der Waals surface area contributed by atoms with Gasteiger partial charge >= 0.3 is 0 Å². The highest BCUT2D eigenvalue weighted by molar-refractivity contribution is 7.89. The van der Waals surface area contributed by atoms with Gasteiger partial charge in [0.05, 0.1) is 12.3 Å². The molecule has 1 rings (SSSR count). The van der Waals surface area contributed by atoms with Crippen LogP contribution in [0.2, 0.25) is 0 Å². The molecule has 0 aliphatic heterocycles. The zero-order chi connectivity index (χ0) is 15.9. The molecule has 1 aromatic carbocycles. The maximum absolute atomic E-state index is 11.9. The van der Waals surface area contributed by atoms with Crippen LogP contribution in [0.3, 0.4) is 0 Å². The lowest BCUT2D eigenvalue weighted by Crippen LogP contribution is -2.27. The Morgan fingerprint density at radius 2 is 2.10 bits per heavy atom. The largest absolute Gasteiger partial charge is 0.352 e.